The number of rotatable bonds is 10. The van der Waals surface area contributed by atoms with Crippen LogP contribution in [0.4, 0.5) is 17.6 Å². The van der Waals surface area contributed by atoms with Crippen LogP contribution in [0.2, 0.25) is 0 Å². The zero-order valence-electron chi connectivity index (χ0n) is 16.2. The number of hydrogen-bond donors (Lipinski definition) is 3. The number of unbranched alkanes of at least 4 members (excludes halogenated alkanes) is 2. The van der Waals surface area contributed by atoms with Crippen molar-refractivity contribution < 1.29 is 42.4 Å². The number of aliphatic carboxylic acids is 1. The summed E-state index contributed by atoms with van der Waals surface area (Å²) in [6, 6.07) is 0. The lowest BCUT2D eigenvalue weighted by molar-refractivity contribution is -0.174. The molecule has 166 valence electrons. The molecule has 9 heteroatoms. The Labute approximate surface area is 167 Å². The fourth-order valence-corrected chi connectivity index (χ4v) is 4.19. The fraction of sp³-hybridized carbons (Fsp3) is 0.750. The number of aliphatic hydroxyl groups is 2. The molecule has 6 atom stereocenters. The summed E-state index contributed by atoms with van der Waals surface area (Å²) in [5.41, 5.74) is 0. The number of carboxylic acid groups (broad SMARTS) is 1. The average Bonchev–Trinajstić information content (AvgIpc) is 3.00. The van der Waals surface area contributed by atoms with E-state index in [-0.39, 0.29) is 12.8 Å². The SMILES string of the molecule is CCCCC[C@H](O)CC[C@H]1[C@H](O)C(F)(F)C2OC(/C=C\C=CC(=O)O)C(F)(F)[C@@H]21. The molecule has 2 unspecified atom stereocenters. The van der Waals surface area contributed by atoms with Crippen molar-refractivity contribution in [3.8, 4) is 0 Å². The lowest BCUT2D eigenvalue weighted by Gasteiger charge is -2.28. The molecule has 1 saturated heterocycles. The normalized spacial score (nSPS) is 34.1. The number of carboxylic acids is 1. The smallest absolute Gasteiger partial charge is 0.328 e. The van der Waals surface area contributed by atoms with Crippen LogP contribution < -0.4 is 0 Å². The van der Waals surface area contributed by atoms with Crippen molar-refractivity contribution in [3.63, 3.8) is 0 Å². The van der Waals surface area contributed by atoms with Crippen LogP contribution in [-0.2, 0) is 9.53 Å². The highest BCUT2D eigenvalue weighted by atomic mass is 19.3. The topological polar surface area (TPSA) is 87.0 Å². The molecule has 0 aromatic rings. The van der Waals surface area contributed by atoms with E-state index in [0.29, 0.717) is 12.5 Å². The number of fused-ring (bicyclic) bond motifs is 1. The highest BCUT2D eigenvalue weighted by Crippen LogP contribution is 2.58. The Morgan fingerprint density at radius 2 is 1.83 bits per heavy atom. The Hall–Kier alpha value is -1.45. The molecule has 2 aliphatic rings. The lowest BCUT2D eigenvalue weighted by atomic mass is 9.83. The number of ether oxygens (including phenoxy) is 1. The quantitative estimate of drug-likeness (QED) is 0.216. The van der Waals surface area contributed by atoms with E-state index in [9.17, 15) is 32.6 Å². The molecule has 5 nitrogen and oxygen atoms in total. The van der Waals surface area contributed by atoms with Crippen LogP contribution in [0, 0.1) is 11.8 Å². The molecule has 0 amide bonds. The monoisotopic (exact) mass is 424 g/mol. The third-order valence-corrected chi connectivity index (χ3v) is 5.69. The van der Waals surface area contributed by atoms with Gasteiger partial charge in [0.1, 0.15) is 18.3 Å². The van der Waals surface area contributed by atoms with Gasteiger partial charge in [0.25, 0.3) is 11.8 Å². The lowest BCUT2D eigenvalue weighted by Crippen LogP contribution is -2.41. The number of allylic oxidation sites excluding steroid dienone is 2. The van der Waals surface area contributed by atoms with Crippen LogP contribution >= 0.6 is 0 Å². The Morgan fingerprint density at radius 1 is 1.14 bits per heavy atom. The van der Waals surface area contributed by atoms with E-state index < -0.39 is 54.1 Å². The average molecular weight is 424 g/mol. The van der Waals surface area contributed by atoms with E-state index in [0.717, 1.165) is 37.5 Å². The first-order valence-corrected chi connectivity index (χ1v) is 9.88. The van der Waals surface area contributed by atoms with Crippen LogP contribution in [-0.4, -0.2) is 57.5 Å². The first kappa shape index (κ1) is 23.8. The van der Waals surface area contributed by atoms with Crippen molar-refractivity contribution >= 4 is 5.97 Å². The molecule has 1 saturated carbocycles. The maximum Gasteiger partial charge on any atom is 0.328 e. The van der Waals surface area contributed by atoms with Gasteiger partial charge in [0.2, 0.25) is 0 Å². The molecule has 2 fully saturated rings. The van der Waals surface area contributed by atoms with Crippen molar-refractivity contribution in [1.29, 1.82) is 0 Å². The predicted octanol–water partition coefficient (Wildman–Crippen LogP) is 3.55. The molecule has 1 aliphatic heterocycles. The summed E-state index contributed by atoms with van der Waals surface area (Å²) in [5, 5.41) is 28.5. The van der Waals surface area contributed by atoms with Crippen LogP contribution in [0.15, 0.2) is 24.3 Å². The van der Waals surface area contributed by atoms with Crippen LogP contribution in [0.5, 0.6) is 0 Å². The summed E-state index contributed by atoms with van der Waals surface area (Å²) < 4.78 is 63.5. The first-order valence-electron chi connectivity index (χ1n) is 9.88. The molecule has 1 heterocycles. The Bertz CT molecular complexity index is 622. The second kappa shape index (κ2) is 9.57. The number of alkyl halides is 4. The van der Waals surface area contributed by atoms with Crippen molar-refractivity contribution in [1.82, 2.24) is 0 Å². The Balaban J connectivity index is 2.11. The van der Waals surface area contributed by atoms with Gasteiger partial charge in [-0.05, 0) is 25.3 Å². The van der Waals surface area contributed by atoms with Gasteiger partial charge in [-0.3, -0.25) is 0 Å². The second-order valence-electron chi connectivity index (χ2n) is 7.77. The number of halogens is 4. The van der Waals surface area contributed by atoms with E-state index in [1.54, 1.807) is 0 Å². The molecule has 2 rings (SSSR count). The summed E-state index contributed by atoms with van der Waals surface area (Å²) in [5.74, 6) is -12.1. The van der Waals surface area contributed by atoms with Gasteiger partial charge in [-0.2, -0.15) is 0 Å². The minimum Gasteiger partial charge on any atom is -0.478 e. The Kier molecular flexibility index (Phi) is 7.86. The van der Waals surface area contributed by atoms with Gasteiger partial charge in [-0.1, -0.05) is 38.3 Å². The minimum atomic E-state index is -3.84. The van der Waals surface area contributed by atoms with Gasteiger partial charge in [0.05, 0.1) is 12.0 Å². The summed E-state index contributed by atoms with van der Waals surface area (Å²) >= 11 is 0. The zero-order chi connectivity index (χ0) is 21.8. The van der Waals surface area contributed by atoms with E-state index in [1.807, 2.05) is 6.92 Å². The molecule has 0 radical (unpaired) electrons. The summed E-state index contributed by atoms with van der Waals surface area (Å²) in [6.45, 7) is 1.99. The molecule has 0 aromatic heterocycles. The number of hydrogen-bond acceptors (Lipinski definition) is 4. The zero-order valence-corrected chi connectivity index (χ0v) is 16.2. The van der Waals surface area contributed by atoms with Gasteiger partial charge in [0.15, 0.2) is 0 Å². The predicted molar refractivity (Wildman–Crippen MR) is 96.8 cm³/mol. The standard InChI is InChI=1S/C20H28F4O5/c1-2-3-4-7-12(25)10-11-13-16-18(20(23,24)17(13)28)29-14(19(16,21)22)8-5-6-9-15(26)27/h5-6,8-9,12-14,16-18,25,28H,2-4,7,10-11H2,1H3,(H,26,27)/b8-5-,9-6?/t12-,13+,14?,16+,17-,18?/m0/s1. The van der Waals surface area contributed by atoms with Crippen molar-refractivity contribution in [2.45, 2.75) is 81.7 Å². The van der Waals surface area contributed by atoms with Crippen molar-refractivity contribution in [2.75, 3.05) is 0 Å². The molecule has 0 spiro atoms. The summed E-state index contributed by atoms with van der Waals surface area (Å²) in [7, 11) is 0. The van der Waals surface area contributed by atoms with Crippen LogP contribution in [0.1, 0.15) is 45.4 Å². The van der Waals surface area contributed by atoms with Crippen LogP contribution in [0.25, 0.3) is 0 Å². The largest absolute Gasteiger partial charge is 0.478 e. The molecule has 29 heavy (non-hydrogen) atoms. The second-order valence-corrected chi connectivity index (χ2v) is 7.77. The van der Waals surface area contributed by atoms with Crippen molar-refractivity contribution in [2.24, 2.45) is 11.8 Å². The Morgan fingerprint density at radius 3 is 2.45 bits per heavy atom. The molecule has 0 bridgehead atoms. The maximum atomic E-state index is 14.9. The maximum absolute atomic E-state index is 14.9. The fourth-order valence-electron chi connectivity index (χ4n) is 4.19. The highest BCUT2D eigenvalue weighted by Gasteiger charge is 2.74. The van der Waals surface area contributed by atoms with Gasteiger partial charge < -0.3 is 20.1 Å². The van der Waals surface area contributed by atoms with Gasteiger partial charge >= 0.3 is 5.97 Å². The first-order chi connectivity index (χ1) is 13.5. The van der Waals surface area contributed by atoms with E-state index in [4.69, 9.17) is 9.84 Å². The van der Waals surface area contributed by atoms with Crippen LogP contribution in [0.3, 0.4) is 0 Å². The van der Waals surface area contributed by atoms with Gasteiger partial charge in [0, 0.05) is 12.0 Å². The number of aliphatic hydroxyl groups excluding tert-OH is 2. The van der Waals surface area contributed by atoms with Gasteiger partial charge in [-0.15, -0.1) is 0 Å². The van der Waals surface area contributed by atoms with Gasteiger partial charge in [-0.25, -0.2) is 22.4 Å². The molecular weight excluding hydrogens is 396 g/mol. The van der Waals surface area contributed by atoms with E-state index in [2.05, 4.69) is 0 Å². The van der Waals surface area contributed by atoms with E-state index in [1.165, 1.54) is 0 Å². The summed E-state index contributed by atoms with van der Waals surface area (Å²) in [6.07, 6.45) is -0.673. The molecule has 1 aliphatic carbocycles. The van der Waals surface area contributed by atoms with E-state index >= 15 is 0 Å². The van der Waals surface area contributed by atoms with Crippen molar-refractivity contribution in [3.05, 3.63) is 24.3 Å². The minimum absolute atomic E-state index is 0.0443. The molecule has 0 aromatic carbocycles. The summed E-state index contributed by atoms with van der Waals surface area (Å²) in [4.78, 5) is 10.4. The number of carbonyl (C=O) groups is 1. The molecule has 3 N–H and O–H groups in total. The highest BCUT2D eigenvalue weighted by molar-refractivity contribution is 5.80. The third-order valence-electron chi connectivity index (χ3n) is 5.69. The molecular formula is C20H28F4O5. The third kappa shape index (κ3) is 5.19.